The number of hydrogen-bond acceptors (Lipinski definition) is 13. The zero-order chi connectivity index (χ0) is 39.5. The first-order valence-electron chi connectivity index (χ1n) is 18.9. The van der Waals surface area contributed by atoms with Crippen LogP contribution in [0.3, 0.4) is 0 Å². The number of rotatable bonds is 23. The van der Waals surface area contributed by atoms with Crippen molar-refractivity contribution in [1.82, 2.24) is 5.32 Å². The number of carbonyl (C=O) groups excluding carboxylic acids is 1. The normalized spacial score (nSPS) is 17.2. The molecule has 1 fully saturated rings. The number of nitrogens with zero attached hydrogens (tertiary/aromatic N) is 1. The quantitative estimate of drug-likeness (QED) is 0.0355. The summed E-state index contributed by atoms with van der Waals surface area (Å²) in [5.74, 6) is 2.17. The highest BCUT2D eigenvalue weighted by atomic mass is 16.9. The Labute approximate surface area is 327 Å². The van der Waals surface area contributed by atoms with E-state index in [9.17, 15) is 14.9 Å². The molecule has 302 valence electrons. The van der Waals surface area contributed by atoms with Gasteiger partial charge < -0.3 is 48.0 Å². The smallest absolute Gasteiger partial charge is 0.496 e. The standard InChI is InChI=1S/C42H52N2O12/c1-4-34(56-42(45)52-21-10-22-55-44(46)47)29-54-40-26-43-25-39(53-27-30-23-32-11-5-7-13-36(32)38(24-30)49-3)41(40)31-15-17-35(18-16-31)51-20-9-19-50-28-33-12-6-8-14-37(33)48-2/h5-8,11-18,23-24,34,39-41,43H,4,9-10,19-22,25-29H2,1-3H3. The Morgan fingerprint density at radius 3 is 2.34 bits per heavy atom. The monoisotopic (exact) mass is 776 g/mol. The predicted octanol–water partition coefficient (Wildman–Crippen LogP) is 7.03. The number of para-hydroxylation sites is 1. The van der Waals surface area contributed by atoms with Crippen molar-refractivity contribution in [2.75, 3.05) is 60.3 Å². The van der Waals surface area contributed by atoms with Gasteiger partial charge in [-0.1, -0.05) is 61.5 Å². The van der Waals surface area contributed by atoms with Gasteiger partial charge in [0.15, 0.2) is 0 Å². The fraction of sp³-hybridized carbons (Fsp3) is 0.452. The summed E-state index contributed by atoms with van der Waals surface area (Å²) in [6, 6.07) is 28.0. The molecule has 1 N–H and O–H groups in total. The van der Waals surface area contributed by atoms with Gasteiger partial charge in [0.1, 0.15) is 23.4 Å². The molecule has 0 amide bonds. The van der Waals surface area contributed by atoms with Crippen LogP contribution in [0.4, 0.5) is 4.79 Å². The third-order valence-electron chi connectivity index (χ3n) is 9.40. The van der Waals surface area contributed by atoms with Crippen LogP contribution in [-0.2, 0) is 41.7 Å². The lowest BCUT2D eigenvalue weighted by atomic mass is 9.85. The number of carbonyl (C=O) groups is 1. The second-order valence-corrected chi connectivity index (χ2v) is 13.2. The molecule has 4 unspecified atom stereocenters. The second kappa shape index (κ2) is 22.4. The summed E-state index contributed by atoms with van der Waals surface area (Å²) >= 11 is 0. The molecule has 0 bridgehead atoms. The average molecular weight is 777 g/mol. The maximum atomic E-state index is 12.3. The van der Waals surface area contributed by atoms with Gasteiger partial charge in [0, 0.05) is 42.8 Å². The van der Waals surface area contributed by atoms with Gasteiger partial charge in [-0.05, 0) is 53.3 Å². The number of hydrogen-bond donors (Lipinski definition) is 1. The van der Waals surface area contributed by atoms with Crippen molar-refractivity contribution in [3.63, 3.8) is 0 Å². The minimum Gasteiger partial charge on any atom is -0.496 e. The highest BCUT2D eigenvalue weighted by molar-refractivity contribution is 5.89. The second-order valence-electron chi connectivity index (χ2n) is 13.2. The lowest BCUT2D eigenvalue weighted by Crippen LogP contribution is -2.51. The van der Waals surface area contributed by atoms with E-state index < -0.39 is 17.3 Å². The van der Waals surface area contributed by atoms with E-state index in [1.807, 2.05) is 79.7 Å². The number of methoxy groups -OCH3 is 2. The lowest BCUT2D eigenvalue weighted by Gasteiger charge is -2.39. The number of ether oxygens (including phenoxy) is 8. The van der Waals surface area contributed by atoms with Crippen molar-refractivity contribution in [1.29, 1.82) is 0 Å². The van der Waals surface area contributed by atoms with Crippen molar-refractivity contribution in [3.8, 4) is 17.2 Å². The lowest BCUT2D eigenvalue weighted by molar-refractivity contribution is -0.757. The maximum absolute atomic E-state index is 12.3. The molecule has 0 spiro atoms. The molecular weight excluding hydrogens is 724 g/mol. The predicted molar refractivity (Wildman–Crippen MR) is 208 cm³/mol. The van der Waals surface area contributed by atoms with Crippen LogP contribution in [0.25, 0.3) is 10.8 Å². The highest BCUT2D eigenvalue weighted by Gasteiger charge is 2.37. The van der Waals surface area contributed by atoms with Crippen LogP contribution >= 0.6 is 0 Å². The molecule has 1 aliphatic rings. The molecule has 1 saturated heterocycles. The van der Waals surface area contributed by atoms with Gasteiger partial charge in [0.25, 0.3) is 5.09 Å². The van der Waals surface area contributed by atoms with E-state index in [1.54, 1.807) is 14.2 Å². The number of nitrogens with one attached hydrogen (secondary N) is 1. The van der Waals surface area contributed by atoms with Crippen molar-refractivity contribution in [2.24, 2.45) is 0 Å². The van der Waals surface area contributed by atoms with Crippen LogP contribution in [0.2, 0.25) is 0 Å². The molecule has 0 saturated carbocycles. The summed E-state index contributed by atoms with van der Waals surface area (Å²) in [6.07, 6.45) is -0.642. The maximum Gasteiger partial charge on any atom is 0.508 e. The van der Waals surface area contributed by atoms with Gasteiger partial charge in [0.05, 0.1) is 72.7 Å². The van der Waals surface area contributed by atoms with E-state index in [2.05, 4.69) is 22.3 Å². The van der Waals surface area contributed by atoms with Gasteiger partial charge in [-0.25, -0.2) is 4.79 Å². The van der Waals surface area contributed by atoms with E-state index in [4.69, 9.17) is 37.9 Å². The topological polar surface area (TPSA) is 155 Å². The summed E-state index contributed by atoms with van der Waals surface area (Å²) in [4.78, 5) is 26.9. The molecule has 0 radical (unpaired) electrons. The van der Waals surface area contributed by atoms with Crippen LogP contribution in [0.1, 0.15) is 48.8 Å². The summed E-state index contributed by atoms with van der Waals surface area (Å²) in [5, 5.41) is 15.0. The number of piperidine rings is 1. The van der Waals surface area contributed by atoms with Crippen molar-refractivity contribution < 1.29 is 52.6 Å². The van der Waals surface area contributed by atoms with Crippen molar-refractivity contribution in [2.45, 2.75) is 63.6 Å². The zero-order valence-corrected chi connectivity index (χ0v) is 32.2. The van der Waals surface area contributed by atoms with Gasteiger partial charge in [-0.2, -0.15) is 0 Å². The molecule has 14 nitrogen and oxygen atoms in total. The van der Waals surface area contributed by atoms with Gasteiger partial charge in [0.2, 0.25) is 0 Å². The molecule has 5 rings (SSSR count). The molecule has 1 heterocycles. The Balaban J connectivity index is 1.21. The first-order valence-corrected chi connectivity index (χ1v) is 18.9. The molecule has 4 aromatic carbocycles. The summed E-state index contributed by atoms with van der Waals surface area (Å²) in [6.45, 7) is 4.79. The van der Waals surface area contributed by atoms with Gasteiger partial charge in [-0.3, -0.25) is 0 Å². The molecule has 0 aromatic heterocycles. The first-order chi connectivity index (χ1) is 27.4. The Morgan fingerprint density at radius 2 is 1.57 bits per heavy atom. The van der Waals surface area contributed by atoms with Crippen LogP contribution < -0.4 is 19.5 Å². The number of benzene rings is 4. The molecule has 4 atom stereocenters. The van der Waals surface area contributed by atoms with Crippen molar-refractivity contribution in [3.05, 3.63) is 112 Å². The third-order valence-corrected chi connectivity index (χ3v) is 9.40. The summed E-state index contributed by atoms with van der Waals surface area (Å²) in [7, 11) is 3.32. The van der Waals surface area contributed by atoms with Crippen LogP contribution in [0.5, 0.6) is 17.2 Å². The fourth-order valence-corrected chi connectivity index (χ4v) is 6.54. The first kappa shape index (κ1) is 42.0. The molecule has 14 heteroatoms. The molecular formula is C42H52N2O12. The Bertz CT molecular complexity index is 1810. The summed E-state index contributed by atoms with van der Waals surface area (Å²) < 4.78 is 46.7. The summed E-state index contributed by atoms with van der Waals surface area (Å²) in [5.41, 5.74) is 3.01. The van der Waals surface area contributed by atoms with E-state index in [0.29, 0.717) is 45.9 Å². The number of fused-ring (bicyclic) bond motifs is 1. The van der Waals surface area contributed by atoms with E-state index in [-0.39, 0.29) is 44.4 Å². The SMILES string of the molecule is CCC(COC1CNCC(OCc2cc(OC)c3ccccc3c2)C1c1ccc(OCCCOCc2ccccc2OC)cc1)OC(=O)OCCCO[N+](=O)[O-]. The average Bonchev–Trinajstić information content (AvgIpc) is 3.22. The van der Waals surface area contributed by atoms with Crippen LogP contribution in [0, 0.1) is 10.1 Å². The Hall–Kier alpha value is -5.15. The largest absolute Gasteiger partial charge is 0.508 e. The van der Waals surface area contributed by atoms with E-state index in [1.165, 1.54) is 0 Å². The molecule has 4 aromatic rings. The van der Waals surface area contributed by atoms with Gasteiger partial charge in [-0.15, -0.1) is 10.1 Å². The molecule has 56 heavy (non-hydrogen) atoms. The van der Waals surface area contributed by atoms with Crippen LogP contribution in [-0.4, -0.2) is 89.9 Å². The minimum absolute atomic E-state index is 0.0714. The minimum atomic E-state index is -0.890. The van der Waals surface area contributed by atoms with Crippen molar-refractivity contribution >= 4 is 16.9 Å². The third kappa shape index (κ3) is 12.7. The highest BCUT2D eigenvalue weighted by Crippen LogP contribution is 2.33. The van der Waals surface area contributed by atoms with Crippen LogP contribution in [0.15, 0.2) is 84.9 Å². The molecule has 1 aliphatic heterocycles. The van der Waals surface area contributed by atoms with E-state index in [0.717, 1.165) is 51.1 Å². The Kier molecular flexibility index (Phi) is 16.8. The molecule has 0 aliphatic carbocycles. The fourth-order valence-electron chi connectivity index (χ4n) is 6.54. The van der Waals surface area contributed by atoms with E-state index >= 15 is 0 Å². The Morgan fingerprint density at radius 1 is 0.839 bits per heavy atom. The van der Waals surface area contributed by atoms with Gasteiger partial charge >= 0.3 is 6.16 Å². The zero-order valence-electron chi connectivity index (χ0n) is 32.2.